The second-order valence-corrected chi connectivity index (χ2v) is 8.07. The highest BCUT2D eigenvalue weighted by molar-refractivity contribution is 9.14. The van der Waals surface area contributed by atoms with Gasteiger partial charge in [0.15, 0.2) is 0 Å². The van der Waals surface area contributed by atoms with Crippen molar-refractivity contribution in [3.8, 4) is 0 Å². The lowest BCUT2D eigenvalue weighted by molar-refractivity contribution is -0.144. The Hall–Kier alpha value is -0.240. The molecule has 0 bridgehead atoms. The van der Waals surface area contributed by atoms with Crippen molar-refractivity contribution in [2.75, 3.05) is 20.3 Å². The van der Waals surface area contributed by atoms with E-state index in [1.807, 2.05) is 27.7 Å². The fourth-order valence-corrected chi connectivity index (χ4v) is 2.83. The fourth-order valence-electron chi connectivity index (χ4n) is 2.14. The molecular formula is C15H23Br2NO4. The molecule has 22 heavy (non-hydrogen) atoms. The molecule has 0 radical (unpaired) electrons. The van der Waals surface area contributed by atoms with Crippen LogP contribution >= 0.6 is 31.9 Å². The Morgan fingerprint density at radius 1 is 0.955 bits per heavy atom. The molecular weight excluding hydrogens is 418 g/mol. The molecule has 0 aliphatic carbocycles. The van der Waals surface area contributed by atoms with E-state index in [2.05, 4.69) is 31.9 Å². The van der Waals surface area contributed by atoms with Gasteiger partial charge < -0.3 is 9.47 Å². The second kappa shape index (κ2) is 7.55. The van der Waals surface area contributed by atoms with Crippen molar-refractivity contribution in [2.45, 2.75) is 51.7 Å². The number of nitrogens with zero attached hydrogens (tertiary/aromatic N) is 1. The van der Waals surface area contributed by atoms with Crippen molar-refractivity contribution in [2.24, 2.45) is 0 Å². The Morgan fingerprint density at radius 3 is 1.91 bits per heavy atom. The van der Waals surface area contributed by atoms with Crippen molar-refractivity contribution >= 4 is 43.7 Å². The predicted molar refractivity (Wildman–Crippen MR) is 92.0 cm³/mol. The lowest BCUT2D eigenvalue weighted by Crippen LogP contribution is -2.49. The van der Waals surface area contributed by atoms with Crippen LogP contribution in [0.4, 0.5) is 0 Å². The van der Waals surface area contributed by atoms with Crippen molar-refractivity contribution in [1.29, 1.82) is 0 Å². The van der Waals surface area contributed by atoms with Crippen LogP contribution in [0.5, 0.6) is 0 Å². The molecule has 0 atom stereocenters. The molecule has 0 aromatic rings. The molecule has 1 rings (SSSR count). The maximum absolute atomic E-state index is 12.2. The Balaban J connectivity index is 2.62. The highest BCUT2D eigenvalue weighted by Gasteiger charge is 2.44. The first-order valence-corrected chi connectivity index (χ1v) is 8.69. The SMILES string of the molecule is COCCC(C)(C)OCCC(C)(C)N1C(=O)C(Br)=C(Br)C1=O. The van der Waals surface area contributed by atoms with Gasteiger partial charge >= 0.3 is 0 Å². The average molecular weight is 441 g/mol. The van der Waals surface area contributed by atoms with Crippen LogP contribution in [0.15, 0.2) is 8.96 Å². The molecule has 0 saturated heterocycles. The van der Waals surface area contributed by atoms with E-state index in [4.69, 9.17) is 9.47 Å². The lowest BCUT2D eigenvalue weighted by Gasteiger charge is -2.35. The van der Waals surface area contributed by atoms with E-state index in [0.29, 0.717) is 19.6 Å². The van der Waals surface area contributed by atoms with E-state index in [-0.39, 0.29) is 26.4 Å². The number of hydrogen-bond acceptors (Lipinski definition) is 4. The van der Waals surface area contributed by atoms with Crippen molar-refractivity contribution in [3.63, 3.8) is 0 Å². The number of rotatable bonds is 8. The van der Waals surface area contributed by atoms with Crippen molar-refractivity contribution in [3.05, 3.63) is 8.96 Å². The van der Waals surface area contributed by atoms with Crippen molar-refractivity contribution in [1.82, 2.24) is 4.90 Å². The van der Waals surface area contributed by atoms with Gasteiger partial charge in [-0.2, -0.15) is 0 Å². The predicted octanol–water partition coefficient (Wildman–Crippen LogP) is 3.36. The maximum atomic E-state index is 12.2. The molecule has 0 aromatic heterocycles. The summed E-state index contributed by atoms with van der Waals surface area (Å²) in [6.07, 6.45) is 1.34. The molecule has 0 saturated carbocycles. The first-order chi connectivity index (χ1) is 10.0. The number of imide groups is 1. The summed E-state index contributed by atoms with van der Waals surface area (Å²) in [7, 11) is 1.66. The number of methoxy groups -OCH3 is 1. The van der Waals surface area contributed by atoms with Gasteiger partial charge in [-0.05, 0) is 72.4 Å². The summed E-state index contributed by atoms with van der Waals surface area (Å²) in [4.78, 5) is 25.6. The standard InChI is InChI=1S/C15H23Br2NO4/c1-14(2,6-9-22-15(3,4)7-8-21-5)18-12(19)10(16)11(17)13(18)20/h6-9H2,1-5H3. The number of carbonyl (C=O) groups excluding carboxylic acids is 2. The second-order valence-electron chi connectivity index (χ2n) is 6.49. The van der Waals surface area contributed by atoms with Gasteiger partial charge in [-0.3, -0.25) is 14.5 Å². The summed E-state index contributed by atoms with van der Waals surface area (Å²) in [6, 6.07) is 0. The van der Waals surface area contributed by atoms with E-state index in [9.17, 15) is 9.59 Å². The minimum Gasteiger partial charge on any atom is -0.385 e. The molecule has 0 unspecified atom stereocenters. The van der Waals surface area contributed by atoms with Crippen LogP contribution in [0.2, 0.25) is 0 Å². The van der Waals surface area contributed by atoms with Gasteiger partial charge in [0.1, 0.15) is 8.96 Å². The van der Waals surface area contributed by atoms with Gasteiger partial charge in [-0.25, -0.2) is 0 Å². The van der Waals surface area contributed by atoms with E-state index >= 15 is 0 Å². The number of halogens is 2. The highest BCUT2D eigenvalue weighted by atomic mass is 79.9. The first-order valence-electron chi connectivity index (χ1n) is 7.10. The molecule has 1 aliphatic rings. The molecule has 7 heteroatoms. The zero-order chi connectivity index (χ0) is 17.1. The summed E-state index contributed by atoms with van der Waals surface area (Å²) >= 11 is 6.29. The van der Waals surface area contributed by atoms with E-state index in [1.165, 1.54) is 4.90 Å². The minimum atomic E-state index is -0.625. The van der Waals surface area contributed by atoms with E-state index in [0.717, 1.165) is 6.42 Å². The number of hydrogen-bond donors (Lipinski definition) is 0. The topological polar surface area (TPSA) is 55.8 Å². The van der Waals surface area contributed by atoms with Crippen molar-refractivity contribution < 1.29 is 19.1 Å². The molecule has 126 valence electrons. The number of amides is 2. The van der Waals surface area contributed by atoms with Crippen LogP contribution in [0.3, 0.4) is 0 Å². The largest absolute Gasteiger partial charge is 0.385 e. The summed E-state index contributed by atoms with van der Waals surface area (Å²) in [5.74, 6) is -0.638. The van der Waals surface area contributed by atoms with Gasteiger partial charge in [0.05, 0.1) is 5.60 Å². The Morgan fingerprint density at radius 2 is 1.45 bits per heavy atom. The third kappa shape index (κ3) is 4.63. The van der Waals surface area contributed by atoms with Crippen LogP contribution in [0.25, 0.3) is 0 Å². The third-order valence-corrected chi connectivity index (χ3v) is 5.70. The molecule has 1 heterocycles. The Bertz CT molecular complexity index is 462. The number of ether oxygens (including phenoxy) is 2. The van der Waals surface area contributed by atoms with Gasteiger partial charge in [0, 0.05) is 25.9 Å². The molecule has 1 aliphatic heterocycles. The van der Waals surface area contributed by atoms with Gasteiger partial charge in [-0.1, -0.05) is 0 Å². The zero-order valence-electron chi connectivity index (χ0n) is 13.7. The average Bonchev–Trinajstić information content (AvgIpc) is 2.60. The summed E-state index contributed by atoms with van der Waals surface area (Å²) in [5, 5.41) is 0. The first kappa shape index (κ1) is 19.8. The minimum absolute atomic E-state index is 0.270. The van der Waals surface area contributed by atoms with Crippen LogP contribution in [0, 0.1) is 0 Å². The summed E-state index contributed by atoms with van der Waals surface area (Å²) < 4.78 is 11.5. The molecule has 5 nitrogen and oxygen atoms in total. The van der Waals surface area contributed by atoms with Crippen LogP contribution in [0.1, 0.15) is 40.5 Å². The van der Waals surface area contributed by atoms with Crippen LogP contribution in [-0.2, 0) is 19.1 Å². The highest BCUT2D eigenvalue weighted by Crippen LogP contribution is 2.35. The van der Waals surface area contributed by atoms with E-state index in [1.54, 1.807) is 7.11 Å². The number of carbonyl (C=O) groups is 2. The Kier molecular flexibility index (Phi) is 6.80. The molecule has 0 fully saturated rings. The fraction of sp³-hybridized carbons (Fsp3) is 0.733. The summed E-state index contributed by atoms with van der Waals surface area (Å²) in [5.41, 5.74) is -0.926. The molecule has 0 spiro atoms. The Labute approximate surface area is 148 Å². The normalized spacial score (nSPS) is 17.0. The third-order valence-electron chi connectivity index (χ3n) is 3.69. The quantitative estimate of drug-likeness (QED) is 0.543. The van der Waals surface area contributed by atoms with Crippen LogP contribution in [-0.4, -0.2) is 48.2 Å². The molecule has 0 aromatic carbocycles. The van der Waals surface area contributed by atoms with Gasteiger partial charge in [-0.15, -0.1) is 0 Å². The van der Waals surface area contributed by atoms with Crippen LogP contribution < -0.4 is 0 Å². The maximum Gasteiger partial charge on any atom is 0.269 e. The summed E-state index contributed by atoms with van der Waals surface area (Å²) in [6.45, 7) is 8.81. The van der Waals surface area contributed by atoms with Gasteiger partial charge in [0.2, 0.25) is 0 Å². The van der Waals surface area contributed by atoms with Gasteiger partial charge in [0.25, 0.3) is 11.8 Å². The zero-order valence-corrected chi connectivity index (χ0v) is 16.8. The lowest BCUT2D eigenvalue weighted by atomic mass is 9.98. The van der Waals surface area contributed by atoms with E-state index < -0.39 is 5.54 Å². The smallest absolute Gasteiger partial charge is 0.269 e. The molecule has 2 amide bonds. The monoisotopic (exact) mass is 439 g/mol. The molecule has 0 N–H and O–H groups in total.